The van der Waals surface area contributed by atoms with Crippen LogP contribution in [0.3, 0.4) is 0 Å². The van der Waals surface area contributed by atoms with Gasteiger partial charge in [-0.1, -0.05) is 25.1 Å². The molecule has 1 nitrogen and oxygen atoms in total. The third-order valence-electron chi connectivity index (χ3n) is 1.37. The SMILES string of the molecule is CCc1ccccc1O.[Na]. The molecule has 2 heteroatoms. The first-order valence-corrected chi connectivity index (χ1v) is 3.11. The maximum Gasteiger partial charge on any atom is 0.118 e. The summed E-state index contributed by atoms with van der Waals surface area (Å²) in [5.74, 6) is 0.403. The van der Waals surface area contributed by atoms with Crippen molar-refractivity contribution in [1.82, 2.24) is 0 Å². The van der Waals surface area contributed by atoms with Crippen LogP contribution in [0.2, 0.25) is 0 Å². The van der Waals surface area contributed by atoms with Crippen LogP contribution in [-0.2, 0) is 6.42 Å². The molecule has 1 N–H and O–H groups in total. The molecule has 0 atom stereocenters. The molecule has 1 aromatic carbocycles. The third kappa shape index (κ3) is 2.33. The van der Waals surface area contributed by atoms with E-state index in [2.05, 4.69) is 0 Å². The van der Waals surface area contributed by atoms with Gasteiger partial charge in [-0.25, -0.2) is 0 Å². The fourth-order valence-corrected chi connectivity index (χ4v) is 0.810. The number of aryl methyl sites for hydroxylation is 1. The van der Waals surface area contributed by atoms with Crippen LogP contribution in [0.25, 0.3) is 0 Å². The van der Waals surface area contributed by atoms with Crippen LogP contribution in [0.4, 0.5) is 0 Å². The fourth-order valence-electron chi connectivity index (χ4n) is 0.810. The van der Waals surface area contributed by atoms with E-state index >= 15 is 0 Å². The number of benzene rings is 1. The summed E-state index contributed by atoms with van der Waals surface area (Å²) < 4.78 is 0. The zero-order valence-corrected chi connectivity index (χ0v) is 8.46. The first kappa shape index (κ1) is 10.0. The zero-order chi connectivity index (χ0) is 6.69. The Morgan fingerprint density at radius 2 is 1.90 bits per heavy atom. The monoisotopic (exact) mass is 145 g/mol. The van der Waals surface area contributed by atoms with Crippen molar-refractivity contribution in [3.63, 3.8) is 0 Å². The standard InChI is InChI=1S/C8H10O.Na/c1-2-7-5-3-4-6-8(7)9;/h3-6,9H,2H2,1H3;. The quantitative estimate of drug-likeness (QED) is 0.595. The van der Waals surface area contributed by atoms with Crippen LogP contribution in [0.5, 0.6) is 5.75 Å². The number of phenols is 1. The number of rotatable bonds is 1. The summed E-state index contributed by atoms with van der Waals surface area (Å²) >= 11 is 0. The van der Waals surface area contributed by atoms with Crippen molar-refractivity contribution in [2.24, 2.45) is 0 Å². The molecule has 0 saturated heterocycles. The van der Waals surface area contributed by atoms with Gasteiger partial charge in [-0.3, -0.25) is 0 Å². The van der Waals surface area contributed by atoms with E-state index in [-0.39, 0.29) is 29.6 Å². The van der Waals surface area contributed by atoms with Gasteiger partial charge >= 0.3 is 0 Å². The molecule has 1 rings (SSSR count). The van der Waals surface area contributed by atoms with Gasteiger partial charge in [-0.15, -0.1) is 0 Å². The second-order valence-corrected chi connectivity index (χ2v) is 1.98. The summed E-state index contributed by atoms with van der Waals surface area (Å²) in [6.45, 7) is 2.02. The van der Waals surface area contributed by atoms with Gasteiger partial charge in [0.2, 0.25) is 0 Å². The number of hydrogen-bond acceptors (Lipinski definition) is 1. The molecule has 0 aliphatic rings. The summed E-state index contributed by atoms with van der Waals surface area (Å²) in [5.41, 5.74) is 1.01. The van der Waals surface area contributed by atoms with E-state index in [1.807, 2.05) is 25.1 Å². The van der Waals surface area contributed by atoms with E-state index in [0.29, 0.717) is 5.75 Å². The molecule has 0 aliphatic heterocycles. The molecule has 1 aromatic rings. The fraction of sp³-hybridized carbons (Fsp3) is 0.250. The average molecular weight is 145 g/mol. The van der Waals surface area contributed by atoms with E-state index in [1.54, 1.807) is 6.07 Å². The Kier molecular flexibility index (Phi) is 4.79. The Morgan fingerprint density at radius 1 is 1.30 bits per heavy atom. The first-order valence-electron chi connectivity index (χ1n) is 3.11. The van der Waals surface area contributed by atoms with Crippen molar-refractivity contribution < 1.29 is 5.11 Å². The molecule has 0 spiro atoms. The van der Waals surface area contributed by atoms with Gasteiger partial charge in [-0.2, -0.15) is 0 Å². The van der Waals surface area contributed by atoms with E-state index in [0.717, 1.165) is 12.0 Å². The number of phenolic OH excluding ortho intramolecular Hbond substituents is 1. The van der Waals surface area contributed by atoms with Crippen molar-refractivity contribution in [3.05, 3.63) is 29.8 Å². The summed E-state index contributed by atoms with van der Waals surface area (Å²) in [6, 6.07) is 7.39. The van der Waals surface area contributed by atoms with Gasteiger partial charge in [0, 0.05) is 29.6 Å². The van der Waals surface area contributed by atoms with E-state index < -0.39 is 0 Å². The van der Waals surface area contributed by atoms with Crippen molar-refractivity contribution in [2.45, 2.75) is 13.3 Å². The summed E-state index contributed by atoms with van der Waals surface area (Å²) in [6.07, 6.45) is 0.896. The molecule has 0 aromatic heterocycles. The second kappa shape index (κ2) is 4.78. The maximum absolute atomic E-state index is 9.11. The summed E-state index contributed by atoms with van der Waals surface area (Å²) in [5, 5.41) is 9.11. The molecule has 0 heterocycles. The molecule has 0 aliphatic carbocycles. The third-order valence-corrected chi connectivity index (χ3v) is 1.37. The molecule has 10 heavy (non-hydrogen) atoms. The zero-order valence-electron chi connectivity index (χ0n) is 6.46. The van der Waals surface area contributed by atoms with Gasteiger partial charge in [0.1, 0.15) is 5.75 Å². The Hall–Kier alpha value is 0.0200. The average Bonchev–Trinajstić information content (AvgIpc) is 1.89. The van der Waals surface area contributed by atoms with Gasteiger partial charge < -0.3 is 5.11 Å². The Bertz CT molecular complexity index is 198. The smallest absolute Gasteiger partial charge is 0.118 e. The normalized spacial score (nSPS) is 8.50. The number of aromatic hydroxyl groups is 1. The predicted octanol–water partition coefficient (Wildman–Crippen LogP) is 1.57. The van der Waals surface area contributed by atoms with Crippen LogP contribution in [0.1, 0.15) is 12.5 Å². The van der Waals surface area contributed by atoms with Crippen LogP contribution in [-0.4, -0.2) is 34.7 Å². The molecular formula is C8H10NaO. The Balaban J connectivity index is 0.000000810. The van der Waals surface area contributed by atoms with Crippen LogP contribution in [0.15, 0.2) is 24.3 Å². The van der Waals surface area contributed by atoms with Gasteiger partial charge in [0.25, 0.3) is 0 Å². The molecule has 49 valence electrons. The molecule has 0 saturated carbocycles. The van der Waals surface area contributed by atoms with Gasteiger partial charge in [-0.05, 0) is 18.1 Å². The van der Waals surface area contributed by atoms with Crippen molar-refractivity contribution in [3.8, 4) is 5.75 Å². The largest absolute Gasteiger partial charge is 0.508 e. The van der Waals surface area contributed by atoms with Crippen LogP contribution < -0.4 is 0 Å². The number of hydrogen-bond donors (Lipinski definition) is 1. The Morgan fingerprint density at radius 3 is 2.30 bits per heavy atom. The van der Waals surface area contributed by atoms with Crippen LogP contribution >= 0.6 is 0 Å². The van der Waals surface area contributed by atoms with E-state index in [1.165, 1.54) is 0 Å². The molecular weight excluding hydrogens is 135 g/mol. The maximum atomic E-state index is 9.11. The predicted molar refractivity (Wildman–Crippen MR) is 43.2 cm³/mol. The van der Waals surface area contributed by atoms with Crippen molar-refractivity contribution in [1.29, 1.82) is 0 Å². The van der Waals surface area contributed by atoms with E-state index in [9.17, 15) is 0 Å². The summed E-state index contributed by atoms with van der Waals surface area (Å²) in [7, 11) is 0. The molecule has 1 radical (unpaired) electrons. The van der Waals surface area contributed by atoms with Gasteiger partial charge in [0.05, 0.1) is 0 Å². The minimum absolute atomic E-state index is 0. The minimum Gasteiger partial charge on any atom is -0.508 e. The topological polar surface area (TPSA) is 20.2 Å². The molecule has 0 fully saturated rings. The first-order chi connectivity index (χ1) is 4.34. The van der Waals surface area contributed by atoms with Crippen molar-refractivity contribution >= 4 is 29.6 Å². The van der Waals surface area contributed by atoms with E-state index in [4.69, 9.17) is 5.11 Å². The number of para-hydroxylation sites is 1. The molecule has 0 amide bonds. The Labute approximate surface area is 83.4 Å². The summed E-state index contributed by atoms with van der Waals surface area (Å²) in [4.78, 5) is 0. The van der Waals surface area contributed by atoms with Crippen molar-refractivity contribution in [2.75, 3.05) is 0 Å². The second-order valence-electron chi connectivity index (χ2n) is 1.98. The minimum atomic E-state index is 0. The van der Waals surface area contributed by atoms with Crippen LogP contribution in [0, 0.1) is 0 Å². The van der Waals surface area contributed by atoms with Gasteiger partial charge in [0.15, 0.2) is 0 Å². The molecule has 0 unspecified atom stereocenters. The molecule has 0 bridgehead atoms.